The smallest absolute Gasteiger partial charge is 0.264 e. The van der Waals surface area contributed by atoms with Gasteiger partial charge in [0.15, 0.2) is 11.6 Å². The van der Waals surface area contributed by atoms with E-state index in [4.69, 9.17) is 27.1 Å². The first-order chi connectivity index (χ1) is 20.1. The molecule has 1 aromatic carbocycles. The predicted molar refractivity (Wildman–Crippen MR) is 160 cm³/mol. The molecule has 2 aliphatic rings. The molecule has 42 heavy (non-hydrogen) atoms. The van der Waals surface area contributed by atoms with E-state index < -0.39 is 21.7 Å². The van der Waals surface area contributed by atoms with E-state index in [0.29, 0.717) is 28.9 Å². The summed E-state index contributed by atoms with van der Waals surface area (Å²) in [6.45, 7) is 5.57. The van der Waals surface area contributed by atoms with Crippen LogP contribution in [0.1, 0.15) is 50.5 Å². The average Bonchev–Trinajstić information content (AvgIpc) is 3.35. The lowest BCUT2D eigenvalue weighted by Crippen LogP contribution is -2.50. The third-order valence-electron chi connectivity index (χ3n) is 7.55. The molecule has 0 spiro atoms. The maximum absolute atomic E-state index is 15.3. The number of hydrogen-bond donors (Lipinski definition) is 3. The third kappa shape index (κ3) is 5.35. The highest BCUT2D eigenvalue weighted by molar-refractivity contribution is 7.92. The number of nitrogens with one attached hydrogen (secondary N) is 2. The molecule has 0 radical (unpaired) electrons. The van der Waals surface area contributed by atoms with Crippen LogP contribution in [-0.2, 0) is 14.8 Å². The second-order valence-corrected chi connectivity index (χ2v) is 12.9. The first-order valence-corrected chi connectivity index (χ1v) is 15.6. The quantitative estimate of drug-likeness (QED) is 0.253. The van der Waals surface area contributed by atoms with Crippen LogP contribution < -0.4 is 15.8 Å². The number of pyridine rings is 1. The SMILES string of the molecule is CC(C)c1nc(-c2cnc(NS(=O)(=O)c3ccccc3Cl)c(F)c2)c2c(N)ncc(C3=CC[C@@H](NC4COC4)CC3)n12. The summed E-state index contributed by atoms with van der Waals surface area (Å²) in [5.41, 5.74) is 9.75. The number of imidazole rings is 1. The number of fused-ring (bicyclic) bond motifs is 1. The number of hydrogen-bond acceptors (Lipinski definition) is 8. The average molecular weight is 612 g/mol. The molecule has 10 nitrogen and oxygen atoms in total. The van der Waals surface area contributed by atoms with E-state index in [1.165, 1.54) is 30.5 Å². The number of sulfonamides is 1. The van der Waals surface area contributed by atoms with Crippen LogP contribution >= 0.6 is 11.6 Å². The Labute approximate surface area is 248 Å². The van der Waals surface area contributed by atoms with Gasteiger partial charge in [-0.15, -0.1) is 0 Å². The number of nitrogen functional groups attached to an aromatic ring is 1. The summed E-state index contributed by atoms with van der Waals surface area (Å²) in [5.74, 6) is -0.312. The zero-order valence-corrected chi connectivity index (χ0v) is 24.7. The van der Waals surface area contributed by atoms with Crippen molar-refractivity contribution in [3.05, 3.63) is 71.2 Å². The highest BCUT2D eigenvalue weighted by Gasteiger charge is 2.27. The molecule has 4 heterocycles. The Morgan fingerprint density at radius 1 is 1.17 bits per heavy atom. The topological polar surface area (TPSA) is 137 Å². The maximum atomic E-state index is 15.3. The fourth-order valence-corrected chi connectivity index (χ4v) is 6.89. The largest absolute Gasteiger partial charge is 0.382 e. The third-order valence-corrected chi connectivity index (χ3v) is 9.39. The van der Waals surface area contributed by atoms with Gasteiger partial charge in [0.1, 0.15) is 27.7 Å². The van der Waals surface area contributed by atoms with Crippen molar-refractivity contribution in [2.24, 2.45) is 0 Å². The molecule has 0 bridgehead atoms. The number of halogens is 2. The second kappa shape index (κ2) is 11.3. The van der Waals surface area contributed by atoms with Crippen molar-refractivity contribution in [1.29, 1.82) is 0 Å². The molecule has 1 aliphatic carbocycles. The summed E-state index contributed by atoms with van der Waals surface area (Å²) in [5, 5.41) is 3.66. The molecule has 4 N–H and O–H groups in total. The number of benzene rings is 1. The van der Waals surface area contributed by atoms with Gasteiger partial charge < -0.3 is 15.8 Å². The molecular weight excluding hydrogens is 581 g/mol. The molecule has 1 fully saturated rings. The normalized spacial score (nSPS) is 17.8. The van der Waals surface area contributed by atoms with E-state index in [-0.39, 0.29) is 21.7 Å². The Morgan fingerprint density at radius 2 is 1.95 bits per heavy atom. The van der Waals surface area contributed by atoms with Gasteiger partial charge in [0.25, 0.3) is 10.0 Å². The summed E-state index contributed by atoms with van der Waals surface area (Å²) >= 11 is 6.05. The van der Waals surface area contributed by atoms with Crippen molar-refractivity contribution in [3.63, 3.8) is 0 Å². The van der Waals surface area contributed by atoms with Gasteiger partial charge in [-0.1, -0.05) is 43.7 Å². The number of rotatable bonds is 8. The van der Waals surface area contributed by atoms with Crippen LogP contribution in [0.15, 0.2) is 53.7 Å². The molecular formula is C29H31ClFN7O3S. The van der Waals surface area contributed by atoms with Crippen molar-refractivity contribution in [3.8, 4) is 11.3 Å². The molecule has 0 saturated carbocycles. The van der Waals surface area contributed by atoms with Gasteiger partial charge in [0, 0.05) is 23.7 Å². The Kier molecular flexibility index (Phi) is 7.64. The second-order valence-electron chi connectivity index (χ2n) is 10.9. The zero-order valence-electron chi connectivity index (χ0n) is 23.1. The summed E-state index contributed by atoms with van der Waals surface area (Å²) in [6.07, 6.45) is 8.09. The van der Waals surface area contributed by atoms with E-state index in [0.717, 1.165) is 49.6 Å². The Balaban J connectivity index is 1.36. The van der Waals surface area contributed by atoms with Crippen LogP contribution in [0.4, 0.5) is 16.0 Å². The molecule has 1 atom stereocenters. The minimum atomic E-state index is -4.17. The number of ether oxygens (including phenoxy) is 1. The van der Waals surface area contributed by atoms with Crippen molar-refractivity contribution in [2.45, 2.75) is 56.0 Å². The van der Waals surface area contributed by atoms with Gasteiger partial charge in [-0.25, -0.2) is 27.8 Å². The van der Waals surface area contributed by atoms with Crippen molar-refractivity contribution in [1.82, 2.24) is 24.7 Å². The maximum Gasteiger partial charge on any atom is 0.264 e. The number of allylic oxidation sites excluding steroid dienone is 1. The zero-order chi connectivity index (χ0) is 29.6. The van der Waals surface area contributed by atoms with Crippen LogP contribution in [-0.4, -0.2) is 53.1 Å². The fourth-order valence-electron chi connectivity index (χ4n) is 5.35. The minimum absolute atomic E-state index is 0.0133. The molecule has 1 aliphatic heterocycles. The summed E-state index contributed by atoms with van der Waals surface area (Å²) in [6, 6.07) is 7.91. The van der Waals surface area contributed by atoms with Gasteiger partial charge >= 0.3 is 0 Å². The highest BCUT2D eigenvalue weighted by atomic mass is 35.5. The molecule has 0 amide bonds. The number of anilines is 2. The van der Waals surface area contributed by atoms with E-state index in [2.05, 4.69) is 26.1 Å². The summed E-state index contributed by atoms with van der Waals surface area (Å²) in [7, 11) is -4.17. The van der Waals surface area contributed by atoms with E-state index in [1.807, 2.05) is 18.2 Å². The molecule has 13 heteroatoms. The van der Waals surface area contributed by atoms with Crippen LogP contribution in [0.3, 0.4) is 0 Å². The Hall–Kier alpha value is -3.58. The highest BCUT2D eigenvalue weighted by Crippen LogP contribution is 2.36. The van der Waals surface area contributed by atoms with Crippen molar-refractivity contribution < 1.29 is 17.5 Å². The predicted octanol–water partition coefficient (Wildman–Crippen LogP) is 5.01. The minimum Gasteiger partial charge on any atom is -0.382 e. The van der Waals surface area contributed by atoms with Crippen molar-refractivity contribution >= 4 is 44.3 Å². The van der Waals surface area contributed by atoms with E-state index in [1.54, 1.807) is 12.3 Å². The van der Waals surface area contributed by atoms with Gasteiger partial charge in [-0.3, -0.25) is 9.12 Å². The van der Waals surface area contributed by atoms with E-state index >= 15 is 4.39 Å². The Bertz CT molecular complexity index is 1800. The van der Waals surface area contributed by atoms with Gasteiger partial charge in [-0.2, -0.15) is 0 Å². The molecule has 3 aromatic heterocycles. The van der Waals surface area contributed by atoms with Crippen molar-refractivity contribution in [2.75, 3.05) is 23.7 Å². The molecule has 1 saturated heterocycles. The monoisotopic (exact) mass is 611 g/mol. The lowest BCUT2D eigenvalue weighted by Gasteiger charge is -2.33. The Morgan fingerprint density at radius 3 is 2.60 bits per heavy atom. The standard InChI is InChI=1S/C29H31ClFN7O3S/c1-16(2)29-36-25(18-11-22(31)28(34-12-18)37-42(39,40)24-6-4-3-5-21(24)30)26-27(32)33-13-23(38(26)29)17-7-9-19(10-8-17)35-20-14-41-15-20/h3-7,11-13,16,19-20,35H,8-10,14-15H2,1-2H3,(H2,32,33)(H,34,37)/t19-/m1/s1. The molecule has 0 unspecified atom stereocenters. The lowest BCUT2D eigenvalue weighted by molar-refractivity contribution is -0.0103. The summed E-state index contributed by atoms with van der Waals surface area (Å²) < 4.78 is 50.5. The summed E-state index contributed by atoms with van der Waals surface area (Å²) in [4.78, 5) is 13.3. The van der Waals surface area contributed by atoms with Gasteiger partial charge in [0.2, 0.25) is 0 Å². The number of nitrogens with zero attached hydrogens (tertiary/aromatic N) is 4. The first kappa shape index (κ1) is 28.5. The van der Waals surface area contributed by atoms with Crippen LogP contribution in [0.2, 0.25) is 5.02 Å². The van der Waals surface area contributed by atoms with Crippen LogP contribution in [0, 0.1) is 5.82 Å². The molecule has 220 valence electrons. The lowest BCUT2D eigenvalue weighted by atomic mass is 9.92. The molecule has 4 aromatic rings. The molecule has 6 rings (SSSR count). The van der Waals surface area contributed by atoms with Gasteiger partial charge in [0.05, 0.1) is 36.2 Å². The van der Waals surface area contributed by atoms with E-state index in [9.17, 15) is 8.42 Å². The van der Waals surface area contributed by atoms with Crippen LogP contribution in [0.25, 0.3) is 22.3 Å². The first-order valence-electron chi connectivity index (χ1n) is 13.8. The fraction of sp³-hybridized carbons (Fsp3) is 0.345. The number of aromatic nitrogens is 4. The van der Waals surface area contributed by atoms with Crippen LogP contribution in [0.5, 0.6) is 0 Å². The number of nitrogens with two attached hydrogens (primary N) is 1. The van der Waals surface area contributed by atoms with Gasteiger partial charge in [-0.05, 0) is 43.0 Å².